The summed E-state index contributed by atoms with van der Waals surface area (Å²) >= 11 is 0. The highest BCUT2D eigenvalue weighted by Crippen LogP contribution is 2.15. The van der Waals surface area contributed by atoms with Crippen molar-refractivity contribution in [3.63, 3.8) is 0 Å². The van der Waals surface area contributed by atoms with Crippen molar-refractivity contribution in [2.75, 3.05) is 6.61 Å². The number of hydrogen-bond donors (Lipinski definition) is 0. The van der Waals surface area contributed by atoms with E-state index >= 15 is 0 Å². The van der Waals surface area contributed by atoms with Gasteiger partial charge in [-0.3, -0.25) is 4.79 Å². The van der Waals surface area contributed by atoms with Crippen LogP contribution in [0.2, 0.25) is 0 Å². The number of rotatable bonds is 5. The number of ether oxygens (including phenoxy) is 1. The molecule has 1 aromatic carbocycles. The van der Waals surface area contributed by atoms with Crippen LogP contribution in [-0.4, -0.2) is 17.1 Å². The van der Waals surface area contributed by atoms with Gasteiger partial charge in [0.25, 0.3) is 0 Å². The number of nitrogens with zero attached hydrogens (tertiary/aromatic N) is 1. The standard InChI is InChI=1S/C17H19NO3/c1-4-7-12-8-9-15-13(10-12)16(19)14(11-18(15)5-2)17(20)21-6-3/h4,8-11H,1,5-7H2,2-3H3. The van der Waals surface area contributed by atoms with Gasteiger partial charge in [0, 0.05) is 18.1 Å². The van der Waals surface area contributed by atoms with Crippen molar-refractivity contribution in [2.24, 2.45) is 0 Å². The highest BCUT2D eigenvalue weighted by molar-refractivity contribution is 5.93. The van der Waals surface area contributed by atoms with Crippen LogP contribution in [0.15, 0.2) is 41.8 Å². The first kappa shape index (κ1) is 15.0. The highest BCUT2D eigenvalue weighted by atomic mass is 16.5. The number of allylic oxidation sites excluding steroid dienone is 1. The van der Waals surface area contributed by atoms with Crippen LogP contribution >= 0.6 is 0 Å². The lowest BCUT2D eigenvalue weighted by molar-refractivity contribution is 0.0524. The summed E-state index contributed by atoms with van der Waals surface area (Å²) in [4.78, 5) is 24.5. The maximum absolute atomic E-state index is 12.5. The van der Waals surface area contributed by atoms with Crippen LogP contribution in [0.25, 0.3) is 10.9 Å². The lowest BCUT2D eigenvalue weighted by Gasteiger charge is -2.12. The fourth-order valence-corrected chi connectivity index (χ4v) is 2.35. The van der Waals surface area contributed by atoms with Crippen molar-refractivity contribution in [2.45, 2.75) is 26.8 Å². The second-order valence-corrected chi connectivity index (χ2v) is 4.72. The van der Waals surface area contributed by atoms with Gasteiger partial charge in [-0.1, -0.05) is 12.1 Å². The van der Waals surface area contributed by atoms with Gasteiger partial charge in [0.15, 0.2) is 0 Å². The van der Waals surface area contributed by atoms with Gasteiger partial charge in [0.1, 0.15) is 5.56 Å². The Morgan fingerprint density at radius 1 is 1.38 bits per heavy atom. The summed E-state index contributed by atoms with van der Waals surface area (Å²) in [6.45, 7) is 8.31. The first-order valence-electron chi connectivity index (χ1n) is 7.06. The average molecular weight is 285 g/mol. The molecule has 0 radical (unpaired) electrons. The Morgan fingerprint density at radius 3 is 2.76 bits per heavy atom. The number of aromatic nitrogens is 1. The number of pyridine rings is 1. The molecule has 0 N–H and O–H groups in total. The minimum absolute atomic E-state index is 0.0851. The molecule has 110 valence electrons. The van der Waals surface area contributed by atoms with Crippen molar-refractivity contribution < 1.29 is 9.53 Å². The molecule has 0 fully saturated rings. The minimum atomic E-state index is -0.569. The molecular formula is C17H19NO3. The number of carbonyl (C=O) groups is 1. The molecule has 0 amide bonds. The first-order chi connectivity index (χ1) is 10.1. The zero-order valence-corrected chi connectivity index (χ0v) is 12.4. The van der Waals surface area contributed by atoms with Gasteiger partial charge < -0.3 is 9.30 Å². The second kappa shape index (κ2) is 6.39. The molecule has 0 aliphatic rings. The molecule has 0 bridgehead atoms. The van der Waals surface area contributed by atoms with E-state index in [9.17, 15) is 9.59 Å². The van der Waals surface area contributed by atoms with E-state index in [1.807, 2.05) is 29.7 Å². The Labute approximate surface area is 123 Å². The van der Waals surface area contributed by atoms with E-state index in [0.717, 1.165) is 11.1 Å². The average Bonchev–Trinajstić information content (AvgIpc) is 2.48. The van der Waals surface area contributed by atoms with Crippen molar-refractivity contribution in [1.82, 2.24) is 4.57 Å². The number of carbonyl (C=O) groups excluding carboxylic acids is 1. The van der Waals surface area contributed by atoms with Crippen molar-refractivity contribution in [3.8, 4) is 0 Å². The predicted octanol–water partition coefficient (Wildman–Crippen LogP) is 2.93. The van der Waals surface area contributed by atoms with Gasteiger partial charge in [0.2, 0.25) is 5.43 Å². The van der Waals surface area contributed by atoms with Gasteiger partial charge in [0.05, 0.1) is 12.1 Å². The van der Waals surface area contributed by atoms with E-state index in [1.165, 1.54) is 0 Å². The van der Waals surface area contributed by atoms with Crippen molar-refractivity contribution >= 4 is 16.9 Å². The van der Waals surface area contributed by atoms with Crippen LogP contribution in [0.5, 0.6) is 0 Å². The number of fused-ring (bicyclic) bond motifs is 1. The summed E-state index contributed by atoms with van der Waals surface area (Å²) in [5, 5.41) is 0.543. The lowest BCUT2D eigenvalue weighted by atomic mass is 10.1. The molecule has 0 aliphatic carbocycles. The fourth-order valence-electron chi connectivity index (χ4n) is 2.35. The van der Waals surface area contributed by atoms with Gasteiger partial charge >= 0.3 is 5.97 Å². The Bertz CT molecular complexity index is 744. The van der Waals surface area contributed by atoms with Crippen LogP contribution in [0.1, 0.15) is 29.8 Å². The molecule has 4 heteroatoms. The molecule has 0 saturated heterocycles. The zero-order chi connectivity index (χ0) is 15.4. The summed E-state index contributed by atoms with van der Waals surface area (Å²) in [6, 6.07) is 5.71. The third-order valence-electron chi connectivity index (χ3n) is 3.36. The van der Waals surface area contributed by atoms with Gasteiger partial charge in [-0.2, -0.15) is 0 Å². The van der Waals surface area contributed by atoms with Crippen molar-refractivity contribution in [3.05, 3.63) is 58.4 Å². The number of hydrogen-bond acceptors (Lipinski definition) is 3. The molecule has 0 aliphatic heterocycles. The molecule has 0 atom stereocenters. The largest absolute Gasteiger partial charge is 0.462 e. The Kier molecular flexibility index (Phi) is 4.58. The number of aryl methyl sites for hydroxylation is 1. The molecule has 1 heterocycles. The van der Waals surface area contributed by atoms with E-state index in [1.54, 1.807) is 19.2 Å². The number of benzene rings is 1. The topological polar surface area (TPSA) is 48.3 Å². The monoisotopic (exact) mass is 285 g/mol. The lowest BCUT2D eigenvalue weighted by Crippen LogP contribution is -2.20. The molecule has 4 nitrogen and oxygen atoms in total. The first-order valence-corrected chi connectivity index (χ1v) is 7.06. The smallest absolute Gasteiger partial charge is 0.343 e. The SMILES string of the molecule is C=CCc1ccc2c(c1)c(=O)c(C(=O)OCC)cn2CC. The maximum Gasteiger partial charge on any atom is 0.343 e. The van der Waals surface area contributed by atoms with Crippen LogP contribution < -0.4 is 5.43 Å². The predicted molar refractivity (Wildman–Crippen MR) is 83.7 cm³/mol. The Balaban J connectivity index is 2.72. The second-order valence-electron chi connectivity index (χ2n) is 4.72. The van der Waals surface area contributed by atoms with Crippen LogP contribution in [0.4, 0.5) is 0 Å². The third-order valence-corrected chi connectivity index (χ3v) is 3.36. The van der Waals surface area contributed by atoms with E-state index in [2.05, 4.69) is 6.58 Å². The van der Waals surface area contributed by atoms with E-state index in [-0.39, 0.29) is 17.6 Å². The molecule has 0 unspecified atom stereocenters. The van der Waals surface area contributed by atoms with Crippen LogP contribution in [-0.2, 0) is 17.7 Å². The van der Waals surface area contributed by atoms with Crippen molar-refractivity contribution in [1.29, 1.82) is 0 Å². The minimum Gasteiger partial charge on any atom is -0.462 e. The third kappa shape index (κ3) is 2.89. The quantitative estimate of drug-likeness (QED) is 0.627. The molecule has 2 aromatic rings. The maximum atomic E-state index is 12.5. The summed E-state index contributed by atoms with van der Waals surface area (Å²) in [7, 11) is 0. The van der Waals surface area contributed by atoms with Gasteiger partial charge in [-0.15, -0.1) is 6.58 Å². The summed E-state index contributed by atoms with van der Waals surface area (Å²) in [5.41, 5.74) is 1.63. The van der Waals surface area contributed by atoms with E-state index in [0.29, 0.717) is 18.4 Å². The molecule has 1 aromatic heterocycles. The molecular weight excluding hydrogens is 266 g/mol. The fraction of sp³-hybridized carbons (Fsp3) is 0.294. The summed E-state index contributed by atoms with van der Waals surface area (Å²) in [5.74, 6) is -0.569. The summed E-state index contributed by atoms with van der Waals surface area (Å²) < 4.78 is 6.86. The molecule has 2 rings (SSSR count). The van der Waals surface area contributed by atoms with E-state index in [4.69, 9.17) is 4.74 Å². The normalized spacial score (nSPS) is 10.6. The van der Waals surface area contributed by atoms with Gasteiger partial charge in [-0.25, -0.2) is 4.79 Å². The highest BCUT2D eigenvalue weighted by Gasteiger charge is 2.16. The van der Waals surface area contributed by atoms with Crippen LogP contribution in [0, 0.1) is 0 Å². The van der Waals surface area contributed by atoms with Crippen LogP contribution in [0.3, 0.4) is 0 Å². The molecule has 0 spiro atoms. The Hall–Kier alpha value is -2.36. The van der Waals surface area contributed by atoms with E-state index < -0.39 is 5.97 Å². The molecule has 0 saturated carbocycles. The zero-order valence-electron chi connectivity index (χ0n) is 12.4. The molecule has 21 heavy (non-hydrogen) atoms. The number of esters is 1. The summed E-state index contributed by atoms with van der Waals surface area (Å²) in [6.07, 6.45) is 4.05. The van der Waals surface area contributed by atoms with Gasteiger partial charge in [-0.05, 0) is 38.0 Å². The Morgan fingerprint density at radius 2 is 2.14 bits per heavy atom.